The minimum atomic E-state index is -3.53. The summed E-state index contributed by atoms with van der Waals surface area (Å²) in [5, 5.41) is 0. The number of nitrogens with zero attached hydrogens (tertiary/aromatic N) is 4. The molecule has 2 aromatic rings. The number of fused-ring (bicyclic) bond motifs is 2. The van der Waals surface area contributed by atoms with Gasteiger partial charge in [0.05, 0.1) is 29.2 Å². The molecule has 4 rings (SSSR count). The molecule has 1 fully saturated rings. The SMILES string of the molecule is Cc1nc(N(C)C)nc2c1COC[C@]21CCN(S(=O)(=O)c2ccccc2)C1. The molecule has 2 aliphatic heterocycles. The number of aromatic nitrogens is 2. The predicted molar refractivity (Wildman–Crippen MR) is 102 cm³/mol. The molecule has 0 bridgehead atoms. The number of sulfonamides is 1. The van der Waals surface area contributed by atoms with Gasteiger partial charge in [0.25, 0.3) is 0 Å². The molecule has 1 spiro atoms. The van der Waals surface area contributed by atoms with Crippen molar-refractivity contribution >= 4 is 16.0 Å². The Bertz CT molecular complexity index is 962. The molecule has 0 saturated carbocycles. The molecule has 7 nitrogen and oxygen atoms in total. The molecule has 0 N–H and O–H groups in total. The summed E-state index contributed by atoms with van der Waals surface area (Å²) in [7, 11) is 0.292. The van der Waals surface area contributed by atoms with Gasteiger partial charge in [0.15, 0.2) is 0 Å². The predicted octanol–water partition coefficient (Wildman–Crippen LogP) is 1.71. The van der Waals surface area contributed by atoms with Gasteiger partial charge < -0.3 is 9.64 Å². The van der Waals surface area contributed by atoms with Crippen molar-refractivity contribution in [2.24, 2.45) is 0 Å². The number of aryl methyl sites for hydroxylation is 1. The first kappa shape index (κ1) is 18.3. The van der Waals surface area contributed by atoms with Gasteiger partial charge in [-0.1, -0.05) is 18.2 Å². The zero-order valence-electron chi connectivity index (χ0n) is 15.8. The molecule has 144 valence electrons. The lowest BCUT2D eigenvalue weighted by Gasteiger charge is -2.35. The van der Waals surface area contributed by atoms with E-state index < -0.39 is 15.4 Å². The smallest absolute Gasteiger partial charge is 0.243 e. The largest absolute Gasteiger partial charge is 0.376 e. The second-order valence-corrected chi connectivity index (χ2v) is 9.44. The van der Waals surface area contributed by atoms with Gasteiger partial charge in [-0.05, 0) is 25.5 Å². The first-order valence-corrected chi connectivity index (χ1v) is 10.5. The van der Waals surface area contributed by atoms with Crippen molar-refractivity contribution in [3.63, 3.8) is 0 Å². The van der Waals surface area contributed by atoms with E-state index in [1.807, 2.05) is 32.0 Å². The third kappa shape index (κ3) is 3.01. The van der Waals surface area contributed by atoms with Gasteiger partial charge in [-0.2, -0.15) is 4.31 Å². The summed E-state index contributed by atoms with van der Waals surface area (Å²) >= 11 is 0. The van der Waals surface area contributed by atoms with Gasteiger partial charge in [-0.25, -0.2) is 18.4 Å². The average Bonchev–Trinajstić information content (AvgIpc) is 3.09. The topological polar surface area (TPSA) is 75.6 Å². The van der Waals surface area contributed by atoms with Crippen LogP contribution in [0, 0.1) is 6.92 Å². The summed E-state index contributed by atoms with van der Waals surface area (Å²) in [5.74, 6) is 0.650. The van der Waals surface area contributed by atoms with Crippen LogP contribution in [0.4, 0.5) is 5.95 Å². The van der Waals surface area contributed by atoms with Gasteiger partial charge in [0.2, 0.25) is 16.0 Å². The van der Waals surface area contributed by atoms with E-state index in [2.05, 4.69) is 4.98 Å². The minimum absolute atomic E-state index is 0.326. The Labute approximate surface area is 160 Å². The van der Waals surface area contributed by atoms with Crippen LogP contribution in [0.2, 0.25) is 0 Å². The molecule has 3 heterocycles. The summed E-state index contributed by atoms with van der Waals surface area (Å²) in [6.07, 6.45) is 0.690. The van der Waals surface area contributed by atoms with E-state index >= 15 is 0 Å². The van der Waals surface area contributed by atoms with Gasteiger partial charge in [0.1, 0.15) is 0 Å². The number of hydrogen-bond donors (Lipinski definition) is 0. The summed E-state index contributed by atoms with van der Waals surface area (Å²) < 4.78 is 33.5. The summed E-state index contributed by atoms with van der Waals surface area (Å²) in [5.41, 5.74) is 2.40. The first-order chi connectivity index (χ1) is 12.8. The number of benzene rings is 1. The zero-order chi connectivity index (χ0) is 19.2. The molecule has 8 heteroatoms. The van der Waals surface area contributed by atoms with Crippen LogP contribution in [-0.4, -0.2) is 56.5 Å². The third-order valence-electron chi connectivity index (χ3n) is 5.43. The summed E-state index contributed by atoms with van der Waals surface area (Å²) in [6.45, 7) is 3.75. The van der Waals surface area contributed by atoms with Gasteiger partial charge in [-0.3, -0.25) is 0 Å². The van der Waals surface area contributed by atoms with Crippen LogP contribution in [0.1, 0.15) is 23.4 Å². The third-order valence-corrected chi connectivity index (χ3v) is 7.29. The van der Waals surface area contributed by atoms with Crippen LogP contribution in [0.25, 0.3) is 0 Å². The van der Waals surface area contributed by atoms with Crippen molar-refractivity contribution in [2.75, 3.05) is 38.7 Å². The van der Waals surface area contributed by atoms with Crippen molar-refractivity contribution < 1.29 is 13.2 Å². The zero-order valence-corrected chi connectivity index (χ0v) is 16.7. The lowest BCUT2D eigenvalue weighted by atomic mass is 9.80. The van der Waals surface area contributed by atoms with Crippen molar-refractivity contribution in [3.05, 3.63) is 47.3 Å². The maximum absolute atomic E-state index is 13.1. The first-order valence-electron chi connectivity index (χ1n) is 9.02. The molecule has 27 heavy (non-hydrogen) atoms. The molecule has 0 amide bonds. The molecule has 1 atom stereocenters. The van der Waals surface area contributed by atoms with E-state index in [9.17, 15) is 8.42 Å². The quantitative estimate of drug-likeness (QED) is 0.797. The Morgan fingerprint density at radius 3 is 2.63 bits per heavy atom. The van der Waals surface area contributed by atoms with E-state index in [1.165, 1.54) is 0 Å². The van der Waals surface area contributed by atoms with Crippen LogP contribution in [0.15, 0.2) is 35.2 Å². The van der Waals surface area contributed by atoms with E-state index in [-0.39, 0.29) is 0 Å². The van der Waals surface area contributed by atoms with E-state index in [0.717, 1.165) is 17.0 Å². The van der Waals surface area contributed by atoms with E-state index in [1.54, 1.807) is 28.6 Å². The Kier molecular flexibility index (Phi) is 4.44. The fraction of sp³-hybridized carbons (Fsp3) is 0.474. The van der Waals surface area contributed by atoms with E-state index in [0.29, 0.717) is 43.6 Å². The Balaban J connectivity index is 1.73. The molecule has 0 unspecified atom stereocenters. The van der Waals surface area contributed by atoms with Crippen LogP contribution >= 0.6 is 0 Å². The van der Waals surface area contributed by atoms with Gasteiger partial charge >= 0.3 is 0 Å². The van der Waals surface area contributed by atoms with Crippen LogP contribution in [0.3, 0.4) is 0 Å². The van der Waals surface area contributed by atoms with Crippen LogP contribution in [-0.2, 0) is 26.8 Å². The highest BCUT2D eigenvalue weighted by Gasteiger charge is 2.48. The summed E-state index contributed by atoms with van der Waals surface area (Å²) in [4.78, 5) is 11.6. The maximum atomic E-state index is 13.1. The monoisotopic (exact) mass is 388 g/mol. The number of ether oxygens (including phenoxy) is 1. The van der Waals surface area contributed by atoms with Gasteiger partial charge in [-0.15, -0.1) is 0 Å². The average molecular weight is 388 g/mol. The van der Waals surface area contributed by atoms with Crippen LogP contribution in [0.5, 0.6) is 0 Å². The highest BCUT2D eigenvalue weighted by Crippen LogP contribution is 2.41. The Morgan fingerprint density at radius 1 is 1.19 bits per heavy atom. The molecule has 0 aliphatic carbocycles. The van der Waals surface area contributed by atoms with Crippen molar-refractivity contribution in [1.82, 2.24) is 14.3 Å². The standard InChI is InChI=1S/C19H24N4O3S/c1-14-16-11-26-13-19(17(16)21-18(20-14)22(2)3)9-10-23(12-19)27(24,25)15-7-5-4-6-8-15/h4-8H,9-13H2,1-3H3/t19-/m1/s1. The molecule has 1 aromatic heterocycles. The van der Waals surface area contributed by atoms with Crippen molar-refractivity contribution in [3.8, 4) is 0 Å². The van der Waals surface area contributed by atoms with Crippen LogP contribution < -0.4 is 4.90 Å². The number of hydrogen-bond acceptors (Lipinski definition) is 6. The lowest BCUT2D eigenvalue weighted by Crippen LogP contribution is -2.42. The Hall–Kier alpha value is -2.03. The normalized spacial score (nSPS) is 22.8. The Morgan fingerprint density at radius 2 is 1.93 bits per heavy atom. The molecule has 0 radical (unpaired) electrons. The second-order valence-electron chi connectivity index (χ2n) is 7.51. The number of rotatable bonds is 3. The van der Waals surface area contributed by atoms with E-state index in [4.69, 9.17) is 9.72 Å². The lowest BCUT2D eigenvalue weighted by molar-refractivity contribution is 0.0526. The molecule has 2 aliphatic rings. The fourth-order valence-corrected chi connectivity index (χ4v) is 5.45. The number of anilines is 1. The molecule has 1 aromatic carbocycles. The minimum Gasteiger partial charge on any atom is -0.376 e. The molecular formula is C19H24N4O3S. The summed E-state index contributed by atoms with van der Waals surface area (Å²) in [6, 6.07) is 8.60. The molecular weight excluding hydrogens is 364 g/mol. The highest BCUT2D eigenvalue weighted by atomic mass is 32.2. The van der Waals surface area contributed by atoms with Crippen molar-refractivity contribution in [1.29, 1.82) is 0 Å². The van der Waals surface area contributed by atoms with Gasteiger partial charge in [0, 0.05) is 38.4 Å². The maximum Gasteiger partial charge on any atom is 0.243 e. The van der Waals surface area contributed by atoms with Crippen molar-refractivity contribution in [2.45, 2.75) is 30.3 Å². The second kappa shape index (κ2) is 6.54. The molecule has 1 saturated heterocycles. The fourth-order valence-electron chi connectivity index (χ4n) is 3.90. The highest BCUT2D eigenvalue weighted by molar-refractivity contribution is 7.89.